The molecule has 0 aliphatic rings. The lowest BCUT2D eigenvalue weighted by molar-refractivity contribution is 0.297. The quantitative estimate of drug-likeness (QED) is 0.523. The number of ether oxygens (including phenoxy) is 2. The molecule has 29 heavy (non-hydrogen) atoms. The number of aromatic hydroxyl groups is 2. The average Bonchev–Trinajstić information content (AvgIpc) is 2.73. The molecule has 6 nitrogen and oxygen atoms in total. The summed E-state index contributed by atoms with van der Waals surface area (Å²) < 4.78 is 16.9. The Morgan fingerprint density at radius 3 is 2.38 bits per heavy atom. The molecule has 0 amide bonds. The molecule has 0 fully saturated rings. The van der Waals surface area contributed by atoms with E-state index in [0.717, 1.165) is 11.6 Å². The van der Waals surface area contributed by atoms with Crippen LogP contribution in [0.5, 0.6) is 23.0 Å². The van der Waals surface area contributed by atoms with Crippen molar-refractivity contribution in [3.63, 3.8) is 0 Å². The standard InChI is InChI=1S/C23H18O6/c1-27-17-9-7-14(8-10-17)13-28-23-21(26)20-18(25)11-16(24)12-19(20)29-22(23)15-5-3-2-4-6-15/h2-12,24-25H,13H2,1H3. The molecule has 0 saturated heterocycles. The summed E-state index contributed by atoms with van der Waals surface area (Å²) in [7, 11) is 1.59. The fourth-order valence-corrected chi connectivity index (χ4v) is 3.06. The fourth-order valence-electron chi connectivity index (χ4n) is 3.06. The third-order valence-electron chi connectivity index (χ3n) is 4.50. The summed E-state index contributed by atoms with van der Waals surface area (Å²) in [4.78, 5) is 13.1. The predicted molar refractivity (Wildman–Crippen MR) is 109 cm³/mol. The molecule has 1 heterocycles. The van der Waals surface area contributed by atoms with Crippen molar-refractivity contribution in [3.05, 3.63) is 82.5 Å². The topological polar surface area (TPSA) is 89.1 Å². The molecule has 0 radical (unpaired) electrons. The summed E-state index contributed by atoms with van der Waals surface area (Å²) in [5.74, 6) is 0.350. The second kappa shape index (κ2) is 7.59. The third-order valence-corrected chi connectivity index (χ3v) is 4.50. The lowest BCUT2D eigenvalue weighted by Crippen LogP contribution is -2.10. The van der Waals surface area contributed by atoms with Crippen LogP contribution in [0.2, 0.25) is 0 Å². The van der Waals surface area contributed by atoms with Gasteiger partial charge in [0, 0.05) is 17.7 Å². The van der Waals surface area contributed by atoms with Crippen molar-refractivity contribution >= 4 is 11.0 Å². The van der Waals surface area contributed by atoms with Crippen LogP contribution in [-0.2, 0) is 6.61 Å². The smallest absolute Gasteiger partial charge is 0.239 e. The van der Waals surface area contributed by atoms with Crippen LogP contribution < -0.4 is 14.9 Å². The number of rotatable bonds is 5. The van der Waals surface area contributed by atoms with Crippen molar-refractivity contribution in [2.45, 2.75) is 6.61 Å². The Bertz CT molecular complexity index is 1210. The molecular formula is C23H18O6. The van der Waals surface area contributed by atoms with Crippen LogP contribution in [0, 0.1) is 0 Å². The average molecular weight is 390 g/mol. The lowest BCUT2D eigenvalue weighted by atomic mass is 10.1. The molecule has 2 N–H and O–H groups in total. The Labute approximate surface area is 166 Å². The van der Waals surface area contributed by atoms with E-state index in [9.17, 15) is 15.0 Å². The molecule has 1 aromatic heterocycles. The highest BCUT2D eigenvalue weighted by Crippen LogP contribution is 2.35. The van der Waals surface area contributed by atoms with Crippen LogP contribution in [0.3, 0.4) is 0 Å². The number of fused-ring (bicyclic) bond motifs is 1. The van der Waals surface area contributed by atoms with Gasteiger partial charge in [0.1, 0.15) is 34.8 Å². The Morgan fingerprint density at radius 2 is 1.69 bits per heavy atom. The molecule has 3 aromatic carbocycles. The Hall–Kier alpha value is -3.93. The van der Waals surface area contributed by atoms with Crippen LogP contribution in [0.15, 0.2) is 75.9 Å². The normalized spacial score (nSPS) is 10.8. The molecule has 6 heteroatoms. The summed E-state index contributed by atoms with van der Waals surface area (Å²) in [5.41, 5.74) is 1.03. The van der Waals surface area contributed by atoms with Gasteiger partial charge in [-0.3, -0.25) is 4.79 Å². The van der Waals surface area contributed by atoms with Gasteiger partial charge >= 0.3 is 0 Å². The van der Waals surface area contributed by atoms with Crippen molar-refractivity contribution in [1.29, 1.82) is 0 Å². The van der Waals surface area contributed by atoms with E-state index < -0.39 is 5.43 Å². The second-order valence-electron chi connectivity index (χ2n) is 6.43. The highest BCUT2D eigenvalue weighted by Gasteiger charge is 2.20. The van der Waals surface area contributed by atoms with E-state index in [-0.39, 0.29) is 40.6 Å². The molecule has 4 aromatic rings. The molecule has 4 rings (SSSR count). The van der Waals surface area contributed by atoms with Gasteiger partial charge in [-0.05, 0) is 17.7 Å². The molecule has 0 aliphatic heterocycles. The molecule has 146 valence electrons. The Balaban J connectivity index is 1.83. The molecular weight excluding hydrogens is 372 g/mol. The summed E-state index contributed by atoms with van der Waals surface area (Å²) in [5, 5.41) is 19.9. The summed E-state index contributed by atoms with van der Waals surface area (Å²) in [6.45, 7) is 0.124. The molecule has 0 bridgehead atoms. The largest absolute Gasteiger partial charge is 0.508 e. The minimum Gasteiger partial charge on any atom is -0.508 e. The number of hydrogen-bond acceptors (Lipinski definition) is 6. The number of methoxy groups -OCH3 is 1. The highest BCUT2D eigenvalue weighted by atomic mass is 16.5. The maximum atomic E-state index is 13.1. The Kier molecular flexibility index (Phi) is 4.83. The minimum atomic E-state index is -0.517. The van der Waals surface area contributed by atoms with E-state index in [1.165, 1.54) is 6.07 Å². The van der Waals surface area contributed by atoms with Gasteiger partial charge in [0.05, 0.1) is 7.11 Å². The number of hydrogen-bond donors (Lipinski definition) is 2. The first-order valence-corrected chi connectivity index (χ1v) is 8.91. The van der Waals surface area contributed by atoms with Gasteiger partial charge in [0.25, 0.3) is 0 Å². The predicted octanol–water partition coefficient (Wildman–Crippen LogP) is 4.46. The van der Waals surface area contributed by atoms with Crippen molar-refractivity contribution in [2.24, 2.45) is 0 Å². The van der Waals surface area contributed by atoms with Crippen LogP contribution in [0.25, 0.3) is 22.3 Å². The SMILES string of the molecule is COc1ccc(COc2c(-c3ccccc3)oc3cc(O)cc(O)c3c2=O)cc1. The summed E-state index contributed by atoms with van der Waals surface area (Å²) >= 11 is 0. The van der Waals surface area contributed by atoms with E-state index in [0.29, 0.717) is 11.3 Å². The first-order valence-electron chi connectivity index (χ1n) is 8.91. The summed E-state index contributed by atoms with van der Waals surface area (Å²) in [6, 6.07) is 18.7. The molecule has 0 saturated carbocycles. The summed E-state index contributed by atoms with van der Waals surface area (Å²) in [6.07, 6.45) is 0. The molecule has 0 aliphatic carbocycles. The zero-order valence-electron chi connectivity index (χ0n) is 15.6. The molecule has 0 unspecified atom stereocenters. The lowest BCUT2D eigenvalue weighted by Gasteiger charge is -2.13. The zero-order chi connectivity index (χ0) is 20.4. The van der Waals surface area contributed by atoms with Gasteiger partial charge in [0.2, 0.25) is 11.2 Å². The number of benzene rings is 3. The van der Waals surface area contributed by atoms with Gasteiger partial charge in [-0.1, -0.05) is 42.5 Å². The van der Waals surface area contributed by atoms with Crippen molar-refractivity contribution < 1.29 is 24.1 Å². The first kappa shape index (κ1) is 18.4. The van der Waals surface area contributed by atoms with Crippen molar-refractivity contribution in [1.82, 2.24) is 0 Å². The van der Waals surface area contributed by atoms with E-state index in [2.05, 4.69) is 0 Å². The molecule has 0 spiro atoms. The fraction of sp³-hybridized carbons (Fsp3) is 0.0870. The van der Waals surface area contributed by atoms with Crippen molar-refractivity contribution in [2.75, 3.05) is 7.11 Å². The van der Waals surface area contributed by atoms with Gasteiger partial charge < -0.3 is 24.1 Å². The van der Waals surface area contributed by atoms with E-state index in [4.69, 9.17) is 13.9 Å². The van der Waals surface area contributed by atoms with Crippen molar-refractivity contribution in [3.8, 4) is 34.3 Å². The minimum absolute atomic E-state index is 0.0134. The maximum Gasteiger partial charge on any atom is 0.239 e. The van der Waals surface area contributed by atoms with Gasteiger partial charge in [0.15, 0.2) is 5.76 Å². The number of phenolic OH excluding ortho intramolecular Hbond substituents is 2. The highest BCUT2D eigenvalue weighted by molar-refractivity contribution is 5.88. The monoisotopic (exact) mass is 390 g/mol. The van der Waals surface area contributed by atoms with Crippen LogP contribution in [-0.4, -0.2) is 17.3 Å². The van der Waals surface area contributed by atoms with E-state index in [1.807, 2.05) is 30.3 Å². The van der Waals surface area contributed by atoms with Gasteiger partial charge in [-0.15, -0.1) is 0 Å². The molecule has 0 atom stereocenters. The third kappa shape index (κ3) is 3.60. The van der Waals surface area contributed by atoms with Gasteiger partial charge in [-0.2, -0.15) is 0 Å². The second-order valence-corrected chi connectivity index (χ2v) is 6.43. The van der Waals surface area contributed by atoms with E-state index >= 15 is 0 Å². The van der Waals surface area contributed by atoms with Gasteiger partial charge in [-0.25, -0.2) is 0 Å². The maximum absolute atomic E-state index is 13.1. The van der Waals surface area contributed by atoms with Crippen LogP contribution >= 0.6 is 0 Å². The van der Waals surface area contributed by atoms with Crippen LogP contribution in [0.4, 0.5) is 0 Å². The van der Waals surface area contributed by atoms with Crippen LogP contribution in [0.1, 0.15) is 5.56 Å². The Morgan fingerprint density at radius 1 is 0.966 bits per heavy atom. The number of phenols is 2. The first-order chi connectivity index (χ1) is 14.1. The zero-order valence-corrected chi connectivity index (χ0v) is 15.6. The van der Waals surface area contributed by atoms with E-state index in [1.54, 1.807) is 31.4 Å².